The number of carbonyl (C=O) groups excluding carboxylic acids is 2. The van der Waals surface area contributed by atoms with E-state index in [0.29, 0.717) is 0 Å². The molecule has 0 heterocycles. The minimum Gasteiger partial charge on any atom is -0.368 e. The van der Waals surface area contributed by atoms with E-state index in [1.54, 1.807) is 6.92 Å². The smallest absolute Gasteiger partial charge is 0.239 e. The topological polar surface area (TPSA) is 84.2 Å². The van der Waals surface area contributed by atoms with Gasteiger partial charge in [-0.3, -0.25) is 9.59 Å². The molecule has 0 aliphatic carbocycles. The minimum absolute atomic E-state index is 0.172. The van der Waals surface area contributed by atoms with E-state index in [0.717, 1.165) is 13.0 Å². The van der Waals surface area contributed by atoms with Gasteiger partial charge < -0.3 is 16.4 Å². The highest BCUT2D eigenvalue weighted by Crippen LogP contribution is 2.02. The van der Waals surface area contributed by atoms with Gasteiger partial charge in [0.2, 0.25) is 11.8 Å². The van der Waals surface area contributed by atoms with E-state index >= 15 is 0 Å². The summed E-state index contributed by atoms with van der Waals surface area (Å²) in [4.78, 5) is 22.7. The highest BCUT2D eigenvalue weighted by atomic mass is 16.2. The van der Waals surface area contributed by atoms with Crippen molar-refractivity contribution in [3.63, 3.8) is 0 Å². The van der Waals surface area contributed by atoms with Crippen molar-refractivity contribution >= 4 is 11.8 Å². The Bertz CT molecular complexity index is 241. The van der Waals surface area contributed by atoms with Crippen LogP contribution in [0.25, 0.3) is 0 Å². The molecular formula is C11H23N3O2. The highest BCUT2D eigenvalue weighted by molar-refractivity contribution is 5.88. The largest absolute Gasteiger partial charge is 0.368 e. The van der Waals surface area contributed by atoms with Crippen LogP contribution in [0.3, 0.4) is 0 Å². The van der Waals surface area contributed by atoms with E-state index in [1.165, 1.54) is 0 Å². The predicted octanol–water partition coefficient (Wildman–Crippen LogP) is 0.000600. The van der Waals surface area contributed by atoms with Crippen LogP contribution in [0.2, 0.25) is 0 Å². The summed E-state index contributed by atoms with van der Waals surface area (Å²) in [6.07, 6.45) is 0.960. The first-order valence-corrected chi connectivity index (χ1v) is 5.73. The molecule has 0 spiro atoms. The molecule has 94 valence electrons. The molecule has 1 unspecified atom stereocenters. The Morgan fingerprint density at radius 3 is 2.19 bits per heavy atom. The van der Waals surface area contributed by atoms with Gasteiger partial charge in [0.05, 0.1) is 6.04 Å². The molecule has 0 radical (unpaired) electrons. The van der Waals surface area contributed by atoms with Crippen molar-refractivity contribution < 1.29 is 9.59 Å². The molecule has 0 aliphatic rings. The van der Waals surface area contributed by atoms with E-state index < -0.39 is 11.9 Å². The quantitative estimate of drug-likeness (QED) is 0.574. The lowest BCUT2D eigenvalue weighted by atomic mass is 10.0. The second kappa shape index (κ2) is 7.22. The monoisotopic (exact) mass is 229 g/mol. The summed E-state index contributed by atoms with van der Waals surface area (Å²) in [6, 6.07) is -0.904. The molecule has 5 heteroatoms. The summed E-state index contributed by atoms with van der Waals surface area (Å²) in [6.45, 7) is 8.32. The van der Waals surface area contributed by atoms with Crippen LogP contribution in [-0.2, 0) is 9.59 Å². The lowest BCUT2D eigenvalue weighted by molar-refractivity contribution is -0.129. The van der Waals surface area contributed by atoms with Gasteiger partial charge >= 0.3 is 0 Å². The number of nitrogens with two attached hydrogens (primary N) is 1. The van der Waals surface area contributed by atoms with Gasteiger partial charge in [-0.1, -0.05) is 20.8 Å². The average molecular weight is 229 g/mol. The van der Waals surface area contributed by atoms with E-state index in [1.807, 2.05) is 20.8 Å². The minimum atomic E-state index is -0.628. The van der Waals surface area contributed by atoms with Crippen molar-refractivity contribution in [2.45, 2.75) is 46.2 Å². The van der Waals surface area contributed by atoms with E-state index in [-0.39, 0.29) is 17.9 Å². The third kappa shape index (κ3) is 5.11. The summed E-state index contributed by atoms with van der Waals surface area (Å²) in [7, 11) is 0. The van der Waals surface area contributed by atoms with E-state index in [4.69, 9.17) is 5.73 Å². The molecule has 2 atom stereocenters. The molecule has 2 amide bonds. The second-order valence-corrected chi connectivity index (χ2v) is 4.31. The first-order chi connectivity index (χ1) is 7.40. The fourth-order valence-electron chi connectivity index (χ4n) is 1.31. The van der Waals surface area contributed by atoms with Crippen molar-refractivity contribution in [1.29, 1.82) is 0 Å². The zero-order valence-corrected chi connectivity index (χ0v) is 10.5. The molecule has 0 aromatic heterocycles. The van der Waals surface area contributed by atoms with Crippen molar-refractivity contribution in [3.05, 3.63) is 0 Å². The van der Waals surface area contributed by atoms with Crippen LogP contribution in [0.1, 0.15) is 34.1 Å². The van der Waals surface area contributed by atoms with Crippen molar-refractivity contribution in [1.82, 2.24) is 10.6 Å². The van der Waals surface area contributed by atoms with Crippen LogP contribution in [0, 0.1) is 5.92 Å². The van der Waals surface area contributed by atoms with Gasteiger partial charge in [-0.2, -0.15) is 0 Å². The Morgan fingerprint density at radius 2 is 1.81 bits per heavy atom. The molecule has 0 aromatic carbocycles. The molecule has 0 saturated carbocycles. The van der Waals surface area contributed by atoms with Crippen LogP contribution in [-0.4, -0.2) is 30.4 Å². The Hall–Kier alpha value is -1.10. The first kappa shape index (κ1) is 14.9. The van der Waals surface area contributed by atoms with Gasteiger partial charge in [-0.25, -0.2) is 0 Å². The Kier molecular flexibility index (Phi) is 6.72. The van der Waals surface area contributed by atoms with E-state index in [9.17, 15) is 9.59 Å². The molecule has 0 aromatic rings. The molecule has 0 rings (SSSR count). The number of hydrogen-bond acceptors (Lipinski definition) is 3. The van der Waals surface area contributed by atoms with Crippen molar-refractivity contribution in [2.75, 3.05) is 6.54 Å². The van der Waals surface area contributed by atoms with Gasteiger partial charge in [-0.05, 0) is 25.8 Å². The van der Waals surface area contributed by atoms with Gasteiger partial charge in [0.15, 0.2) is 0 Å². The highest BCUT2D eigenvalue weighted by Gasteiger charge is 2.23. The lowest BCUT2D eigenvalue weighted by Crippen LogP contribution is -2.52. The van der Waals surface area contributed by atoms with Crippen LogP contribution < -0.4 is 16.4 Å². The van der Waals surface area contributed by atoms with Gasteiger partial charge in [-0.15, -0.1) is 0 Å². The molecule has 0 saturated heterocycles. The average Bonchev–Trinajstić information content (AvgIpc) is 2.17. The molecule has 0 fully saturated rings. The zero-order valence-electron chi connectivity index (χ0n) is 10.5. The second-order valence-electron chi connectivity index (χ2n) is 4.31. The maximum Gasteiger partial charge on any atom is 0.239 e. The summed E-state index contributed by atoms with van der Waals surface area (Å²) in [5.41, 5.74) is 5.09. The maximum atomic E-state index is 11.8. The van der Waals surface area contributed by atoms with Crippen LogP contribution in [0.15, 0.2) is 0 Å². The zero-order chi connectivity index (χ0) is 12.7. The van der Waals surface area contributed by atoms with Gasteiger partial charge in [0.25, 0.3) is 0 Å². The van der Waals surface area contributed by atoms with Crippen molar-refractivity contribution in [2.24, 2.45) is 11.7 Å². The number of rotatable bonds is 7. The predicted molar refractivity (Wildman–Crippen MR) is 63.7 cm³/mol. The van der Waals surface area contributed by atoms with Crippen LogP contribution in [0.4, 0.5) is 0 Å². The molecule has 5 nitrogen and oxygen atoms in total. The van der Waals surface area contributed by atoms with Crippen molar-refractivity contribution in [3.8, 4) is 0 Å². The van der Waals surface area contributed by atoms with Crippen LogP contribution in [0.5, 0.6) is 0 Å². The van der Waals surface area contributed by atoms with Gasteiger partial charge in [0, 0.05) is 0 Å². The summed E-state index contributed by atoms with van der Waals surface area (Å²) in [5, 5.41) is 5.74. The van der Waals surface area contributed by atoms with E-state index in [2.05, 4.69) is 10.6 Å². The molecule has 0 bridgehead atoms. The number of amides is 2. The third-order valence-electron chi connectivity index (χ3n) is 2.35. The van der Waals surface area contributed by atoms with Crippen LogP contribution >= 0.6 is 0 Å². The molecule has 4 N–H and O–H groups in total. The summed E-state index contributed by atoms with van der Waals surface area (Å²) >= 11 is 0. The lowest BCUT2D eigenvalue weighted by Gasteiger charge is -2.22. The fraction of sp³-hybridized carbons (Fsp3) is 0.818. The summed E-state index contributed by atoms with van der Waals surface area (Å²) in [5.74, 6) is -0.521. The Balaban J connectivity index is 4.32. The number of primary amides is 1. The van der Waals surface area contributed by atoms with Gasteiger partial charge in [0.1, 0.15) is 6.04 Å². The molecule has 0 aliphatic heterocycles. The third-order valence-corrected chi connectivity index (χ3v) is 2.35. The maximum absolute atomic E-state index is 11.8. The number of nitrogens with one attached hydrogen (secondary N) is 2. The fourth-order valence-corrected chi connectivity index (χ4v) is 1.31. The SMILES string of the molecule is CCCNC(C(=O)N[C@@H](C)C(N)=O)C(C)C. The molecule has 16 heavy (non-hydrogen) atoms. The number of hydrogen-bond donors (Lipinski definition) is 3. The molecular weight excluding hydrogens is 206 g/mol. The normalized spacial score (nSPS) is 14.6. The Labute approximate surface area is 97.2 Å². The standard InChI is InChI=1S/C11H23N3O2/c1-5-6-13-9(7(2)3)11(16)14-8(4)10(12)15/h7-9,13H,5-6H2,1-4H3,(H2,12,15)(H,14,16)/t8-,9?/m0/s1. The Morgan fingerprint density at radius 1 is 1.25 bits per heavy atom. The number of carbonyl (C=O) groups is 2. The first-order valence-electron chi connectivity index (χ1n) is 5.73. The summed E-state index contributed by atoms with van der Waals surface area (Å²) < 4.78 is 0.